The highest BCUT2D eigenvalue weighted by Gasteiger charge is 2.48. The van der Waals surface area contributed by atoms with Gasteiger partial charge in [0.1, 0.15) is 103 Å². The van der Waals surface area contributed by atoms with Crippen LogP contribution in [0, 0.1) is 17.7 Å². The normalized spacial score (nSPS) is 25.0. The molecule has 0 saturated carbocycles. The minimum atomic E-state index is -1.89. The quantitative estimate of drug-likeness (QED) is 0.0356. The Morgan fingerprint density at radius 1 is 0.522 bits per heavy atom. The molecule has 4 saturated heterocycles. The number of para-hydroxylation sites is 2. The van der Waals surface area contributed by atoms with Gasteiger partial charge in [-0.2, -0.15) is 0 Å². The van der Waals surface area contributed by atoms with E-state index in [2.05, 4.69) is 58.2 Å². The fourth-order valence-corrected chi connectivity index (χ4v) is 19.0. The van der Waals surface area contributed by atoms with Crippen molar-refractivity contribution in [1.82, 2.24) is 87.2 Å². The highest BCUT2D eigenvalue weighted by atomic mass is 32.2. The number of aliphatic hydroxyl groups excluding tert-OH is 1. The van der Waals surface area contributed by atoms with Gasteiger partial charge in [-0.3, -0.25) is 86.3 Å². The number of nitrogens with zero attached hydrogens (tertiary/aromatic N) is 6. The van der Waals surface area contributed by atoms with Crippen LogP contribution in [0.15, 0.2) is 85.2 Å². The lowest BCUT2D eigenvalue weighted by atomic mass is 9.97. The number of fused-ring (bicyclic) bond motifs is 5. The first-order valence-electron chi connectivity index (χ1n) is 47.3. The number of aromatic amines is 1. The van der Waals surface area contributed by atoms with Gasteiger partial charge in [-0.15, -0.1) is 11.8 Å². The van der Waals surface area contributed by atoms with E-state index in [9.17, 15) is 67.7 Å². The molecule has 15 atom stereocenters. The number of ketones is 1. The second kappa shape index (κ2) is 51.5. The first-order valence-corrected chi connectivity index (χ1v) is 48.5. The molecule has 16 N–H and O–H groups in total. The number of nitrogens with one attached hydrogen (secondary N) is 11. The number of aromatic nitrogens is 2. The topological polar surface area (TPSA) is 568 Å². The number of amides is 16. The Hall–Kier alpha value is -12.9. The lowest BCUT2D eigenvalue weighted by Crippen LogP contribution is -2.61. The fourth-order valence-electron chi connectivity index (χ4n) is 18.1. The highest BCUT2D eigenvalue weighted by Crippen LogP contribution is 2.30. The van der Waals surface area contributed by atoms with Crippen LogP contribution in [0.25, 0.3) is 21.8 Å². The highest BCUT2D eigenvalue weighted by molar-refractivity contribution is 8.00. The van der Waals surface area contributed by atoms with Crippen LogP contribution in [0.5, 0.6) is 0 Å². The second-order valence-corrected chi connectivity index (χ2v) is 38.1. The number of Topliss-reactive ketones (excluding diaryl/α,β-unsaturated/α-hetero) is 1. The van der Waals surface area contributed by atoms with E-state index in [1.807, 2.05) is 13.8 Å². The second-order valence-electron chi connectivity index (χ2n) is 37.0. The van der Waals surface area contributed by atoms with Crippen LogP contribution in [0.3, 0.4) is 0 Å². The molecule has 40 nitrogen and oxygen atoms in total. The van der Waals surface area contributed by atoms with Crippen molar-refractivity contribution in [2.24, 2.45) is 17.6 Å². The lowest BCUT2D eigenvalue weighted by molar-refractivity contribution is -0.149. The standard InChI is InChI=1S/C96H133FN18O22S/c1-11-13-25-75-88(129)104-67(40-53(3)4)86(127)109-73(83(98)124)51-138-52-80(119)101-70(42-57-31-33-60(97)34-32-57)93(134)113-38-20-19-28-76(113)90(131)108-72(46-81(120)121)94(135)114-39-21-29-77(114)89(130)103-65(35-30-55(7)116)84(125)106-69(41-54(5)6)95(136)115-49-61(118)45-79(115)91(132)105-68(43-58-47-100-64-24-17-15-22-62(58)64)87(128)102-66(36-37-99-56(8)117)85(126)107-71(92(133)111(10)78(26-14-12-2)96(137)110(75)9)44-59-48-112(50-82(122)123)74-27-18-16-23-63(59)74/h15-18,22-24,27,31-34,47-48,53-54,61,65-73,75-79,100,118H,11-14,19-21,25-26,28-30,35-46,49-52H2,1-10H3,(H2,98,124)(H,99,117)(H,101,119)(H,102,128)(H,103,130)(H,104,129)(H,105,132)(H,106,125)(H,107,126)(H,108,131)(H,109,127)(H,120,121)(H,122,123)/t61-,65+,66+,67+,68+,69+,70+,71+,72+,73+,75+,76+,77+,78+,79+/m1/s1. The Morgan fingerprint density at radius 3 is 1.67 bits per heavy atom. The summed E-state index contributed by atoms with van der Waals surface area (Å²) in [7, 11) is 2.69. The smallest absolute Gasteiger partial charge is 0.323 e. The van der Waals surface area contributed by atoms with Crippen LogP contribution >= 0.6 is 11.8 Å². The number of thioether (sulfide) groups is 1. The Kier molecular flexibility index (Phi) is 40.6. The Labute approximate surface area is 804 Å². The molecule has 16 amide bonds. The Morgan fingerprint density at radius 2 is 1.04 bits per heavy atom. The van der Waals surface area contributed by atoms with Gasteiger partial charge in [0.05, 0.1) is 18.3 Å². The van der Waals surface area contributed by atoms with Gasteiger partial charge in [0.2, 0.25) is 94.5 Å². The maximum absolute atomic E-state index is 16.1. The van der Waals surface area contributed by atoms with Gasteiger partial charge in [-0.1, -0.05) is 116 Å². The number of carboxylic acids is 2. The van der Waals surface area contributed by atoms with Crippen LogP contribution in [0.1, 0.15) is 188 Å². The monoisotopic (exact) mass is 1940 g/mol. The minimum Gasteiger partial charge on any atom is -0.481 e. The van der Waals surface area contributed by atoms with Crippen LogP contribution in [-0.4, -0.2) is 304 Å². The first-order chi connectivity index (χ1) is 65.6. The summed E-state index contributed by atoms with van der Waals surface area (Å²) in [6, 6.07) is -3.17. The number of carbonyl (C=O) groups is 19. The summed E-state index contributed by atoms with van der Waals surface area (Å²) >= 11 is 0.811. The van der Waals surface area contributed by atoms with Crippen LogP contribution in [0.4, 0.5) is 4.39 Å². The minimum absolute atomic E-state index is 0.00948. The van der Waals surface area contributed by atoms with Crippen LogP contribution in [-0.2, 0) is 117 Å². The third-order valence-corrected chi connectivity index (χ3v) is 26.3. The Bertz CT molecular complexity index is 5240. The average molecular weight is 1940 g/mol. The summed E-state index contributed by atoms with van der Waals surface area (Å²) in [5.41, 5.74) is 8.13. The summed E-state index contributed by atoms with van der Waals surface area (Å²) in [6.07, 6.45) is 0.263. The summed E-state index contributed by atoms with van der Waals surface area (Å²) in [4.78, 5) is 286. The number of carboxylic acid groups (broad SMARTS) is 2. The summed E-state index contributed by atoms with van der Waals surface area (Å²) < 4.78 is 15.9. The number of piperidine rings is 1. The average Bonchev–Trinajstić information content (AvgIpc) is 1.62. The van der Waals surface area contributed by atoms with Crippen LogP contribution in [0.2, 0.25) is 0 Å². The molecule has 0 bridgehead atoms. The zero-order chi connectivity index (χ0) is 101. The lowest BCUT2D eigenvalue weighted by Gasteiger charge is -2.38. The number of primary amides is 1. The van der Waals surface area contributed by atoms with Crippen molar-refractivity contribution < 1.29 is 111 Å². The SMILES string of the molecule is CCCC[C@H]1C(=O)N(C)[C@@H](CCCC)C(=O)N[C@@H](CC(C)C)C(=O)N[C@H](C(N)=O)CSCC(=O)N[C@@H](Cc2ccc(F)cc2)C(=O)N2CCCC[C@H]2C(=O)N[C@@H](CC(=O)O)C(=O)N2CCC[C@H]2C(=O)N[C@@H](CCC(C)=O)C(=O)N[C@@H](CC(C)C)C(=O)N2C[C@H](O)C[C@H]2C(=O)N[C@@H](Cc2c[nH]c3ccccc23)C(=O)N[C@@H](CCNC(C)=O)C(=O)N[C@@H](Cc2cn(CC(=O)O)c3ccccc23)C(=O)N1C. The number of carbonyl (C=O) groups excluding carboxylic acids is 17. The molecule has 4 aliphatic rings. The molecule has 2 aromatic heterocycles. The number of hydrogen-bond acceptors (Lipinski definition) is 21. The molecule has 0 radical (unpaired) electrons. The molecule has 5 aromatic rings. The van der Waals surface area contributed by atoms with Gasteiger partial charge < -0.3 is 113 Å². The largest absolute Gasteiger partial charge is 0.481 e. The number of nitrogens with two attached hydrogens (primary N) is 1. The van der Waals surface area contributed by atoms with Gasteiger partial charge in [0.25, 0.3) is 0 Å². The van der Waals surface area contributed by atoms with Gasteiger partial charge in [-0.25, -0.2) is 4.39 Å². The van der Waals surface area contributed by atoms with Crippen molar-refractivity contribution in [3.05, 3.63) is 108 Å². The van der Waals surface area contributed by atoms with Crippen molar-refractivity contribution >= 4 is 146 Å². The van der Waals surface area contributed by atoms with Crippen molar-refractivity contribution in [1.29, 1.82) is 0 Å². The maximum Gasteiger partial charge on any atom is 0.323 e. The predicted octanol–water partition coefficient (Wildman–Crippen LogP) is 1.80. The van der Waals surface area contributed by atoms with Gasteiger partial charge in [-0.05, 0) is 130 Å². The predicted molar refractivity (Wildman–Crippen MR) is 506 cm³/mol. The van der Waals surface area contributed by atoms with E-state index < -0.39 is 259 Å². The summed E-state index contributed by atoms with van der Waals surface area (Å²) in [5.74, 6) is -20.0. The molecule has 42 heteroatoms. The van der Waals surface area contributed by atoms with E-state index in [0.717, 1.165) is 38.6 Å². The number of unbranched alkanes of at least 4 members (excludes halogenated alkanes) is 2. The van der Waals surface area contributed by atoms with E-state index in [-0.39, 0.29) is 102 Å². The zero-order valence-corrected chi connectivity index (χ0v) is 80.7. The Balaban J connectivity index is 1.12. The summed E-state index contributed by atoms with van der Waals surface area (Å²) in [6.45, 7) is 11.5. The third kappa shape index (κ3) is 30.3. The number of aliphatic carboxylic acids is 2. The van der Waals surface area contributed by atoms with Crippen molar-refractivity contribution in [3.63, 3.8) is 0 Å². The van der Waals surface area contributed by atoms with Crippen molar-refractivity contribution in [2.75, 3.05) is 51.8 Å². The van der Waals surface area contributed by atoms with Gasteiger partial charge in [0, 0.05) is 119 Å². The molecule has 0 spiro atoms. The number of rotatable bonds is 27. The zero-order valence-electron chi connectivity index (χ0n) is 79.8. The molecule has 6 heterocycles. The molecular weight excluding hydrogens is 1810 g/mol. The van der Waals surface area contributed by atoms with Crippen molar-refractivity contribution in [3.8, 4) is 0 Å². The molecule has 752 valence electrons. The molecule has 0 aliphatic carbocycles. The first kappa shape index (κ1) is 109. The number of likely N-dealkylation sites (N-methyl/N-ethyl adjacent to an activating group) is 2. The maximum atomic E-state index is 16.1. The molecule has 4 aliphatic heterocycles. The van der Waals surface area contributed by atoms with E-state index in [1.54, 1.807) is 82.4 Å². The van der Waals surface area contributed by atoms with E-state index >= 15 is 43.2 Å². The van der Waals surface area contributed by atoms with Crippen LogP contribution < -0.4 is 58.9 Å². The number of hydrogen-bond donors (Lipinski definition) is 15. The van der Waals surface area contributed by atoms with Gasteiger partial charge in [0.15, 0.2) is 0 Å². The molecule has 138 heavy (non-hydrogen) atoms. The number of aliphatic hydroxyl groups is 1. The number of halogens is 1. The number of benzene rings is 3. The third-order valence-electron chi connectivity index (χ3n) is 25.3. The summed E-state index contributed by atoms with van der Waals surface area (Å²) in [5, 5.41) is 60.1. The van der Waals surface area contributed by atoms with Crippen molar-refractivity contribution in [2.45, 2.75) is 287 Å². The van der Waals surface area contributed by atoms with E-state index in [0.29, 0.717) is 77.0 Å². The van der Waals surface area contributed by atoms with E-state index in [4.69, 9.17) is 5.73 Å². The molecule has 0 unspecified atom stereocenters. The fraction of sp³-hybridized carbons (Fsp3) is 0.573. The molecule has 9 rings (SSSR count). The van der Waals surface area contributed by atoms with E-state index in [1.165, 1.54) is 60.6 Å². The molecule has 3 aromatic carbocycles. The number of H-pyrrole nitrogens is 1. The molecule has 4 fully saturated rings. The van der Waals surface area contributed by atoms with Gasteiger partial charge >= 0.3 is 11.9 Å². The molecular formula is C96H133FN18O22S.